The van der Waals surface area contributed by atoms with Crippen LogP contribution in [0.25, 0.3) is 0 Å². The minimum absolute atomic E-state index is 0.0112. The molecule has 4 nitrogen and oxygen atoms in total. The Bertz CT molecular complexity index is 261. The largest absolute Gasteiger partial charge is 0.394 e. The molecule has 2 aliphatic rings. The number of hydrogen-bond donors (Lipinski definition) is 2. The van der Waals surface area contributed by atoms with E-state index in [1.54, 1.807) is 0 Å². The molecule has 0 aromatic carbocycles. The summed E-state index contributed by atoms with van der Waals surface area (Å²) in [6, 6.07) is 0. The molecular formula is C12H21NO3. The van der Waals surface area contributed by atoms with Gasteiger partial charge in [0.25, 0.3) is 0 Å². The lowest BCUT2D eigenvalue weighted by Crippen LogP contribution is -2.52. The molecule has 2 unspecified atom stereocenters. The molecule has 92 valence electrons. The highest BCUT2D eigenvalue weighted by Gasteiger charge is 2.38. The number of ether oxygens (including phenoxy) is 1. The highest BCUT2D eigenvalue weighted by molar-refractivity contribution is 5.80. The first kappa shape index (κ1) is 11.9. The molecule has 0 radical (unpaired) electrons. The van der Waals surface area contributed by atoms with Gasteiger partial charge in [-0.15, -0.1) is 0 Å². The van der Waals surface area contributed by atoms with Gasteiger partial charge in [0.2, 0.25) is 5.91 Å². The van der Waals surface area contributed by atoms with Crippen LogP contribution in [0.5, 0.6) is 0 Å². The van der Waals surface area contributed by atoms with Crippen molar-refractivity contribution in [1.29, 1.82) is 0 Å². The predicted molar refractivity (Wildman–Crippen MR) is 59.9 cm³/mol. The van der Waals surface area contributed by atoms with Crippen molar-refractivity contribution >= 4 is 5.91 Å². The molecule has 1 amide bonds. The molecule has 0 aromatic heterocycles. The van der Waals surface area contributed by atoms with E-state index < -0.39 is 0 Å². The van der Waals surface area contributed by atoms with E-state index in [1.807, 2.05) is 6.92 Å². The molecule has 2 rings (SSSR count). The van der Waals surface area contributed by atoms with Crippen LogP contribution in [-0.4, -0.2) is 35.9 Å². The van der Waals surface area contributed by atoms with Gasteiger partial charge in [-0.25, -0.2) is 0 Å². The first-order valence-corrected chi connectivity index (χ1v) is 6.21. The molecule has 0 bridgehead atoms. The zero-order valence-corrected chi connectivity index (χ0v) is 9.87. The van der Waals surface area contributed by atoms with E-state index in [-0.39, 0.29) is 30.1 Å². The number of carbonyl (C=O) groups excluding carboxylic acids is 1. The number of hydrogen-bond acceptors (Lipinski definition) is 3. The normalized spacial score (nSPS) is 32.9. The average molecular weight is 227 g/mol. The first-order chi connectivity index (χ1) is 7.67. The summed E-state index contributed by atoms with van der Waals surface area (Å²) in [6.45, 7) is 2.67. The third-order valence-electron chi connectivity index (χ3n) is 3.96. The summed E-state index contributed by atoms with van der Waals surface area (Å²) in [7, 11) is 0. The van der Waals surface area contributed by atoms with Gasteiger partial charge in [0.1, 0.15) is 0 Å². The van der Waals surface area contributed by atoms with E-state index in [4.69, 9.17) is 4.74 Å². The number of amides is 1. The van der Waals surface area contributed by atoms with Crippen LogP contribution in [0.3, 0.4) is 0 Å². The van der Waals surface area contributed by atoms with Crippen molar-refractivity contribution in [2.24, 2.45) is 5.92 Å². The maximum Gasteiger partial charge on any atom is 0.226 e. The smallest absolute Gasteiger partial charge is 0.226 e. The van der Waals surface area contributed by atoms with Crippen LogP contribution in [0.1, 0.15) is 39.0 Å². The molecule has 1 aliphatic carbocycles. The Morgan fingerprint density at radius 2 is 2.19 bits per heavy atom. The molecule has 2 N–H and O–H groups in total. The molecule has 1 aliphatic heterocycles. The Morgan fingerprint density at radius 3 is 2.69 bits per heavy atom. The number of carbonyl (C=O) groups is 1. The maximum absolute atomic E-state index is 12.1. The van der Waals surface area contributed by atoms with Crippen molar-refractivity contribution in [2.45, 2.75) is 50.7 Å². The molecule has 1 saturated carbocycles. The predicted octanol–water partition coefficient (Wildman–Crippen LogP) is 0.833. The summed E-state index contributed by atoms with van der Waals surface area (Å²) in [5, 5.41) is 12.5. The standard InChI is InChI=1S/C12H21NO3/c1-9-10(4-7-16-9)11(15)13-12(8-14)5-2-3-6-12/h9-10,14H,2-8H2,1H3,(H,13,15). The highest BCUT2D eigenvalue weighted by Crippen LogP contribution is 2.30. The average Bonchev–Trinajstić information content (AvgIpc) is 2.87. The second-order valence-corrected chi connectivity index (χ2v) is 5.11. The van der Waals surface area contributed by atoms with Crippen LogP contribution in [0, 0.1) is 5.92 Å². The van der Waals surface area contributed by atoms with Crippen molar-refractivity contribution < 1.29 is 14.6 Å². The van der Waals surface area contributed by atoms with Gasteiger partial charge in [-0.2, -0.15) is 0 Å². The van der Waals surface area contributed by atoms with Crippen LogP contribution >= 0.6 is 0 Å². The second kappa shape index (κ2) is 4.72. The summed E-state index contributed by atoms with van der Waals surface area (Å²) >= 11 is 0. The fraction of sp³-hybridized carbons (Fsp3) is 0.917. The molecule has 1 saturated heterocycles. The highest BCUT2D eigenvalue weighted by atomic mass is 16.5. The van der Waals surface area contributed by atoms with Gasteiger partial charge in [-0.3, -0.25) is 4.79 Å². The lowest BCUT2D eigenvalue weighted by atomic mass is 9.95. The van der Waals surface area contributed by atoms with Gasteiger partial charge in [0.15, 0.2) is 0 Å². The molecular weight excluding hydrogens is 206 g/mol. The van der Waals surface area contributed by atoms with E-state index in [2.05, 4.69) is 5.32 Å². The zero-order chi connectivity index (χ0) is 11.6. The van der Waals surface area contributed by atoms with Crippen molar-refractivity contribution in [1.82, 2.24) is 5.32 Å². The second-order valence-electron chi connectivity index (χ2n) is 5.11. The lowest BCUT2D eigenvalue weighted by Gasteiger charge is -2.30. The lowest BCUT2D eigenvalue weighted by molar-refractivity contribution is -0.128. The number of aliphatic hydroxyl groups is 1. The Kier molecular flexibility index (Phi) is 3.50. The summed E-state index contributed by atoms with van der Waals surface area (Å²) in [5.74, 6) is 0.0185. The monoisotopic (exact) mass is 227 g/mol. The molecule has 2 atom stereocenters. The van der Waals surface area contributed by atoms with E-state index in [0.717, 1.165) is 32.1 Å². The Balaban J connectivity index is 1.95. The molecule has 16 heavy (non-hydrogen) atoms. The molecule has 2 fully saturated rings. The van der Waals surface area contributed by atoms with E-state index >= 15 is 0 Å². The van der Waals surface area contributed by atoms with Crippen molar-refractivity contribution in [3.8, 4) is 0 Å². The summed E-state index contributed by atoms with van der Waals surface area (Å²) in [4.78, 5) is 12.1. The van der Waals surface area contributed by atoms with Crippen molar-refractivity contribution in [3.63, 3.8) is 0 Å². The molecule has 0 aromatic rings. The number of rotatable bonds is 3. The molecule has 1 heterocycles. The number of aliphatic hydroxyl groups excluding tert-OH is 1. The minimum atomic E-state index is -0.348. The van der Waals surface area contributed by atoms with Crippen LogP contribution < -0.4 is 5.32 Å². The van der Waals surface area contributed by atoms with E-state index in [1.165, 1.54) is 0 Å². The summed E-state index contributed by atoms with van der Waals surface area (Å²) in [6.07, 6.45) is 4.80. The SMILES string of the molecule is CC1OCCC1C(=O)NC1(CO)CCCC1. The van der Waals surface area contributed by atoms with E-state index in [0.29, 0.717) is 6.61 Å². The Hall–Kier alpha value is -0.610. The fourth-order valence-electron chi connectivity index (χ4n) is 2.80. The van der Waals surface area contributed by atoms with Gasteiger partial charge in [-0.1, -0.05) is 12.8 Å². The summed E-state index contributed by atoms with van der Waals surface area (Å²) in [5.41, 5.74) is -0.348. The Morgan fingerprint density at radius 1 is 1.50 bits per heavy atom. The third-order valence-corrected chi connectivity index (χ3v) is 3.96. The Labute approximate surface area is 96.4 Å². The first-order valence-electron chi connectivity index (χ1n) is 6.21. The van der Waals surface area contributed by atoms with Gasteiger partial charge < -0.3 is 15.2 Å². The number of nitrogens with one attached hydrogen (secondary N) is 1. The van der Waals surface area contributed by atoms with Crippen molar-refractivity contribution in [2.75, 3.05) is 13.2 Å². The third kappa shape index (κ3) is 2.23. The minimum Gasteiger partial charge on any atom is -0.394 e. The maximum atomic E-state index is 12.1. The molecule has 4 heteroatoms. The van der Waals surface area contributed by atoms with Crippen molar-refractivity contribution in [3.05, 3.63) is 0 Å². The fourth-order valence-corrected chi connectivity index (χ4v) is 2.80. The van der Waals surface area contributed by atoms with Gasteiger partial charge in [0, 0.05) is 6.61 Å². The quantitative estimate of drug-likeness (QED) is 0.751. The van der Waals surface area contributed by atoms with Crippen LogP contribution in [-0.2, 0) is 9.53 Å². The topological polar surface area (TPSA) is 58.6 Å². The molecule has 0 spiro atoms. The zero-order valence-electron chi connectivity index (χ0n) is 9.87. The van der Waals surface area contributed by atoms with Gasteiger partial charge in [0.05, 0.1) is 24.2 Å². The van der Waals surface area contributed by atoms with Crippen LogP contribution in [0.2, 0.25) is 0 Å². The van der Waals surface area contributed by atoms with Gasteiger partial charge in [-0.05, 0) is 26.2 Å². The summed E-state index contributed by atoms with van der Waals surface area (Å²) < 4.78 is 5.39. The van der Waals surface area contributed by atoms with E-state index in [9.17, 15) is 9.90 Å². The van der Waals surface area contributed by atoms with Gasteiger partial charge >= 0.3 is 0 Å². The van der Waals surface area contributed by atoms with Crippen LogP contribution in [0.4, 0.5) is 0 Å². The van der Waals surface area contributed by atoms with Crippen LogP contribution in [0.15, 0.2) is 0 Å².